The fourth-order valence-electron chi connectivity index (χ4n) is 7.00. The first-order valence-corrected chi connectivity index (χ1v) is 19.0. The molecule has 56 heavy (non-hydrogen) atoms. The number of hydrogen-bond acceptors (Lipinski definition) is 6. The molecule has 2 N–H and O–H groups in total. The van der Waals surface area contributed by atoms with Gasteiger partial charge in [-0.2, -0.15) is 0 Å². The number of methoxy groups -OCH3 is 2. The second-order valence-corrected chi connectivity index (χ2v) is 15.4. The van der Waals surface area contributed by atoms with E-state index in [1.54, 1.807) is 12.1 Å². The number of ether oxygens (including phenoxy) is 4. The average Bonchev–Trinajstić information content (AvgIpc) is 3.20. The van der Waals surface area contributed by atoms with Gasteiger partial charge < -0.3 is 29.2 Å². The molecule has 2 aliphatic heterocycles. The molecule has 8 rings (SSSR count). The molecule has 0 amide bonds. The van der Waals surface area contributed by atoms with E-state index in [1.165, 1.54) is 14.2 Å². The van der Waals surface area contributed by atoms with Crippen molar-refractivity contribution < 1.29 is 29.2 Å². The summed E-state index contributed by atoms with van der Waals surface area (Å²) >= 11 is 24.3. The highest BCUT2D eigenvalue weighted by Crippen LogP contribution is 2.53. The Labute approximate surface area is 345 Å². The van der Waals surface area contributed by atoms with Gasteiger partial charge in [0.25, 0.3) is 0 Å². The molecule has 0 radical (unpaired) electrons. The second-order valence-electron chi connectivity index (χ2n) is 13.6. The standard InChI is InChI=1S/2C23H18Cl2O3/c2*1-23(15-5-9-17(25)10-6-15)13-20(14-3-7-16(24)8-4-14)28-22-18(23)11-12-19(27-2)21(22)26/h2*3-13,26H,1-2H3/t2*23-/m10/s1. The lowest BCUT2D eigenvalue weighted by atomic mass is 9.73. The summed E-state index contributed by atoms with van der Waals surface area (Å²) in [5.74, 6) is 2.67. The van der Waals surface area contributed by atoms with Crippen LogP contribution in [0.25, 0.3) is 11.5 Å². The van der Waals surface area contributed by atoms with Crippen LogP contribution in [-0.4, -0.2) is 24.4 Å². The summed E-state index contributed by atoms with van der Waals surface area (Å²) < 4.78 is 22.8. The van der Waals surface area contributed by atoms with Crippen LogP contribution in [0, 0.1) is 0 Å². The number of halogens is 4. The van der Waals surface area contributed by atoms with E-state index in [-0.39, 0.29) is 11.5 Å². The molecule has 2 heterocycles. The third kappa shape index (κ3) is 7.38. The van der Waals surface area contributed by atoms with Crippen LogP contribution < -0.4 is 18.9 Å². The number of phenolic OH excluding ortho intramolecular Hbond substituents is 2. The van der Waals surface area contributed by atoms with Gasteiger partial charge in [0, 0.05) is 53.2 Å². The molecular weight excluding hydrogens is 790 g/mol. The van der Waals surface area contributed by atoms with Gasteiger partial charge in [0.2, 0.25) is 11.5 Å². The van der Waals surface area contributed by atoms with E-state index in [9.17, 15) is 10.2 Å². The minimum Gasteiger partial charge on any atom is -0.502 e. The smallest absolute Gasteiger partial charge is 0.201 e. The van der Waals surface area contributed by atoms with E-state index >= 15 is 0 Å². The monoisotopic (exact) mass is 824 g/mol. The van der Waals surface area contributed by atoms with Gasteiger partial charge in [-0.05, 0) is 122 Å². The van der Waals surface area contributed by atoms with Crippen molar-refractivity contribution in [1.82, 2.24) is 0 Å². The summed E-state index contributed by atoms with van der Waals surface area (Å²) in [6.07, 6.45) is 4.10. The van der Waals surface area contributed by atoms with Crippen LogP contribution in [0.3, 0.4) is 0 Å². The number of hydrogen-bond donors (Lipinski definition) is 2. The Morgan fingerprint density at radius 2 is 0.750 bits per heavy atom. The van der Waals surface area contributed by atoms with E-state index < -0.39 is 10.8 Å². The maximum atomic E-state index is 10.7. The normalized spacial score (nSPS) is 18.1. The number of benzene rings is 6. The Hall–Kier alpha value is -5.24. The Morgan fingerprint density at radius 1 is 0.446 bits per heavy atom. The molecule has 0 saturated heterocycles. The summed E-state index contributed by atoms with van der Waals surface area (Å²) in [7, 11) is 3.03. The van der Waals surface area contributed by atoms with E-state index in [0.717, 1.165) is 33.4 Å². The molecule has 0 saturated carbocycles. The van der Waals surface area contributed by atoms with Crippen LogP contribution in [0.1, 0.15) is 47.2 Å². The minimum absolute atomic E-state index is 0.0280. The van der Waals surface area contributed by atoms with Crippen molar-refractivity contribution in [2.45, 2.75) is 24.7 Å². The molecule has 0 aliphatic carbocycles. The topological polar surface area (TPSA) is 77.4 Å². The first kappa shape index (κ1) is 39.0. The first-order valence-electron chi connectivity index (χ1n) is 17.5. The van der Waals surface area contributed by atoms with E-state index in [2.05, 4.69) is 13.8 Å². The first-order chi connectivity index (χ1) is 26.8. The molecule has 10 heteroatoms. The largest absolute Gasteiger partial charge is 0.502 e. The zero-order valence-electron chi connectivity index (χ0n) is 30.7. The molecule has 0 spiro atoms. The molecule has 6 aromatic carbocycles. The van der Waals surface area contributed by atoms with Gasteiger partial charge in [-0.3, -0.25) is 0 Å². The van der Waals surface area contributed by atoms with Crippen LogP contribution in [0.5, 0.6) is 34.5 Å². The summed E-state index contributed by atoms with van der Waals surface area (Å²) in [6.45, 7) is 4.17. The van der Waals surface area contributed by atoms with Crippen molar-refractivity contribution in [3.63, 3.8) is 0 Å². The molecule has 0 aromatic heterocycles. The Kier molecular flexibility index (Phi) is 10.9. The maximum absolute atomic E-state index is 10.7. The molecule has 2 atom stereocenters. The van der Waals surface area contributed by atoms with Crippen LogP contribution >= 0.6 is 46.4 Å². The van der Waals surface area contributed by atoms with Crippen LogP contribution in [-0.2, 0) is 10.8 Å². The fourth-order valence-corrected chi connectivity index (χ4v) is 7.51. The highest BCUT2D eigenvalue weighted by Gasteiger charge is 2.39. The van der Waals surface area contributed by atoms with Crippen molar-refractivity contribution in [1.29, 1.82) is 0 Å². The Bertz CT molecular complexity index is 2290. The maximum Gasteiger partial charge on any atom is 0.201 e. The highest BCUT2D eigenvalue weighted by atomic mass is 35.5. The second kappa shape index (κ2) is 15.7. The lowest BCUT2D eigenvalue weighted by Crippen LogP contribution is -2.26. The zero-order chi connectivity index (χ0) is 39.8. The van der Waals surface area contributed by atoms with E-state index in [0.29, 0.717) is 54.6 Å². The lowest BCUT2D eigenvalue weighted by molar-refractivity contribution is 0.351. The summed E-state index contributed by atoms with van der Waals surface area (Å²) in [4.78, 5) is 0. The SMILES string of the molecule is COc1ccc2c(c1O)OC(c1ccc(Cl)cc1)=C[C@@]2(C)c1ccc(Cl)cc1.COc1ccc2c(c1O)OC(c1ccc(Cl)cc1)=C[C@]2(C)c1ccc(Cl)cc1. The molecule has 2 aliphatic rings. The number of phenols is 2. The van der Waals surface area contributed by atoms with Crippen molar-refractivity contribution in [2.24, 2.45) is 0 Å². The summed E-state index contributed by atoms with van der Waals surface area (Å²) in [6, 6.07) is 37.4. The third-order valence-electron chi connectivity index (χ3n) is 10.2. The van der Waals surface area contributed by atoms with Gasteiger partial charge in [-0.15, -0.1) is 0 Å². The number of aromatic hydroxyl groups is 2. The number of rotatable bonds is 6. The number of fused-ring (bicyclic) bond motifs is 2. The van der Waals surface area contributed by atoms with E-state index in [4.69, 9.17) is 65.4 Å². The molecular formula is C46H36Cl4O6. The van der Waals surface area contributed by atoms with E-state index in [1.807, 2.05) is 121 Å². The van der Waals surface area contributed by atoms with Crippen molar-refractivity contribution in [3.05, 3.63) is 187 Å². The number of allylic oxidation sites excluding steroid dienone is 2. The molecule has 0 bridgehead atoms. The fraction of sp³-hybridized carbons (Fsp3) is 0.130. The van der Waals surface area contributed by atoms with Gasteiger partial charge in [0.15, 0.2) is 23.0 Å². The van der Waals surface area contributed by atoms with Crippen LogP contribution in [0.4, 0.5) is 0 Å². The Balaban J connectivity index is 0.000000172. The molecule has 284 valence electrons. The molecule has 6 nitrogen and oxygen atoms in total. The molecule has 0 unspecified atom stereocenters. The molecule has 6 aromatic rings. The van der Waals surface area contributed by atoms with Crippen LogP contribution in [0.15, 0.2) is 133 Å². The van der Waals surface area contributed by atoms with Gasteiger partial charge in [0.1, 0.15) is 11.5 Å². The van der Waals surface area contributed by atoms with Gasteiger partial charge >= 0.3 is 0 Å². The predicted octanol–water partition coefficient (Wildman–Crippen LogP) is 12.9. The van der Waals surface area contributed by atoms with Crippen molar-refractivity contribution in [2.75, 3.05) is 14.2 Å². The predicted molar refractivity (Wildman–Crippen MR) is 225 cm³/mol. The van der Waals surface area contributed by atoms with Crippen molar-refractivity contribution >= 4 is 57.9 Å². The summed E-state index contributed by atoms with van der Waals surface area (Å²) in [5, 5.41) is 24.1. The van der Waals surface area contributed by atoms with Gasteiger partial charge in [0.05, 0.1) is 14.2 Å². The average molecular weight is 827 g/mol. The van der Waals surface area contributed by atoms with Gasteiger partial charge in [-0.1, -0.05) is 82.8 Å². The third-order valence-corrected chi connectivity index (χ3v) is 11.2. The highest BCUT2D eigenvalue weighted by molar-refractivity contribution is 6.31. The van der Waals surface area contributed by atoms with Crippen molar-refractivity contribution in [3.8, 4) is 34.5 Å². The quantitative estimate of drug-likeness (QED) is 0.174. The molecule has 0 fully saturated rings. The summed E-state index contributed by atoms with van der Waals surface area (Å²) in [5.41, 5.74) is 4.36. The minimum atomic E-state index is -0.545. The van der Waals surface area contributed by atoms with Gasteiger partial charge in [-0.25, -0.2) is 0 Å². The van der Waals surface area contributed by atoms with Crippen LogP contribution in [0.2, 0.25) is 20.1 Å². The Morgan fingerprint density at radius 3 is 1.05 bits per heavy atom. The zero-order valence-corrected chi connectivity index (χ0v) is 33.8. The lowest BCUT2D eigenvalue weighted by Gasteiger charge is -2.35.